The number of hydrogen-bond donors (Lipinski definition) is 1. The Morgan fingerprint density at radius 3 is 2.83 bits per heavy atom. The lowest BCUT2D eigenvalue weighted by molar-refractivity contribution is 0.457. The van der Waals surface area contributed by atoms with E-state index in [4.69, 9.17) is 16.0 Å². The fourth-order valence-corrected chi connectivity index (χ4v) is 1.66. The Hall–Kier alpha value is -1.46. The van der Waals surface area contributed by atoms with Crippen LogP contribution in [0.2, 0.25) is 5.02 Å². The van der Waals surface area contributed by atoms with Gasteiger partial charge in [0.2, 0.25) is 5.89 Å². The molecule has 0 saturated carbocycles. The highest BCUT2D eigenvalue weighted by Crippen LogP contribution is 2.29. The molecule has 0 spiro atoms. The van der Waals surface area contributed by atoms with E-state index in [2.05, 4.69) is 15.5 Å². The molecule has 96 valence electrons. The largest absolute Gasteiger partial charge is 0.419 e. The van der Waals surface area contributed by atoms with Gasteiger partial charge in [-0.3, -0.25) is 0 Å². The topological polar surface area (TPSA) is 51.0 Å². The van der Waals surface area contributed by atoms with Crippen molar-refractivity contribution in [1.82, 2.24) is 15.5 Å². The molecule has 2 aromatic rings. The second-order valence-corrected chi connectivity index (χ2v) is 4.54. The van der Waals surface area contributed by atoms with Crippen LogP contribution in [-0.2, 0) is 6.54 Å². The van der Waals surface area contributed by atoms with Gasteiger partial charge >= 0.3 is 0 Å². The van der Waals surface area contributed by atoms with Crippen LogP contribution >= 0.6 is 11.6 Å². The molecule has 0 aliphatic carbocycles. The van der Waals surface area contributed by atoms with Gasteiger partial charge in [-0.15, -0.1) is 10.2 Å². The summed E-state index contributed by atoms with van der Waals surface area (Å²) in [7, 11) is 0. The maximum absolute atomic E-state index is 13.6. The first-order chi connectivity index (χ1) is 8.58. The zero-order chi connectivity index (χ0) is 13.1. The Kier molecular flexibility index (Phi) is 3.93. The highest BCUT2D eigenvalue weighted by molar-refractivity contribution is 6.33. The monoisotopic (exact) mass is 269 g/mol. The molecule has 0 atom stereocenters. The molecule has 0 radical (unpaired) electrons. The van der Waals surface area contributed by atoms with Gasteiger partial charge in [-0.2, -0.15) is 0 Å². The van der Waals surface area contributed by atoms with Gasteiger partial charge in [-0.05, 0) is 12.1 Å². The average Bonchev–Trinajstić information content (AvgIpc) is 2.75. The van der Waals surface area contributed by atoms with E-state index in [0.717, 1.165) is 0 Å². The molecular weight excluding hydrogens is 257 g/mol. The average molecular weight is 270 g/mol. The van der Waals surface area contributed by atoms with Gasteiger partial charge in [-0.25, -0.2) is 4.39 Å². The van der Waals surface area contributed by atoms with Crippen molar-refractivity contribution < 1.29 is 8.81 Å². The Bertz CT molecular complexity index is 522. The van der Waals surface area contributed by atoms with Crippen LogP contribution in [0.5, 0.6) is 0 Å². The highest BCUT2D eigenvalue weighted by Gasteiger charge is 2.16. The van der Waals surface area contributed by atoms with Crippen LogP contribution < -0.4 is 5.32 Å². The molecule has 18 heavy (non-hydrogen) atoms. The Morgan fingerprint density at radius 1 is 1.39 bits per heavy atom. The SMILES string of the molecule is CC(C)NCc1nnc(-c2c(F)cccc2Cl)o1. The lowest BCUT2D eigenvalue weighted by atomic mass is 10.2. The molecule has 0 fully saturated rings. The lowest BCUT2D eigenvalue weighted by Crippen LogP contribution is -2.21. The molecule has 0 aliphatic rings. The molecule has 0 amide bonds. The van der Waals surface area contributed by atoms with Crippen molar-refractivity contribution in [1.29, 1.82) is 0 Å². The third-order valence-electron chi connectivity index (χ3n) is 2.31. The summed E-state index contributed by atoms with van der Waals surface area (Å²) in [5.41, 5.74) is 0.141. The third kappa shape index (κ3) is 2.86. The zero-order valence-corrected chi connectivity index (χ0v) is 10.8. The minimum absolute atomic E-state index is 0.0960. The van der Waals surface area contributed by atoms with Crippen LogP contribution in [0.1, 0.15) is 19.7 Å². The van der Waals surface area contributed by atoms with Crippen molar-refractivity contribution in [2.45, 2.75) is 26.4 Å². The summed E-state index contributed by atoms with van der Waals surface area (Å²) in [4.78, 5) is 0. The van der Waals surface area contributed by atoms with E-state index in [0.29, 0.717) is 18.5 Å². The molecule has 0 aliphatic heterocycles. The van der Waals surface area contributed by atoms with Crippen molar-refractivity contribution in [2.24, 2.45) is 0 Å². The number of hydrogen-bond acceptors (Lipinski definition) is 4. The summed E-state index contributed by atoms with van der Waals surface area (Å²) in [6, 6.07) is 4.71. The van der Waals surface area contributed by atoms with Crippen molar-refractivity contribution in [3.63, 3.8) is 0 Å². The normalized spacial score (nSPS) is 11.2. The summed E-state index contributed by atoms with van der Waals surface area (Å²) in [5.74, 6) is 0.0196. The molecule has 0 saturated heterocycles. The summed E-state index contributed by atoms with van der Waals surface area (Å²) < 4.78 is 19.0. The quantitative estimate of drug-likeness (QED) is 0.927. The maximum atomic E-state index is 13.6. The van der Waals surface area contributed by atoms with Crippen LogP contribution in [0.4, 0.5) is 4.39 Å². The molecule has 1 aromatic heterocycles. The van der Waals surface area contributed by atoms with Crippen LogP contribution in [-0.4, -0.2) is 16.2 Å². The van der Waals surface area contributed by atoms with Gasteiger partial charge in [0.05, 0.1) is 17.1 Å². The van der Waals surface area contributed by atoms with Crippen molar-refractivity contribution in [2.75, 3.05) is 0 Å². The number of rotatable bonds is 4. The molecule has 4 nitrogen and oxygen atoms in total. The number of nitrogens with one attached hydrogen (secondary N) is 1. The second kappa shape index (κ2) is 5.46. The van der Waals surface area contributed by atoms with Gasteiger partial charge in [0.15, 0.2) is 0 Å². The van der Waals surface area contributed by atoms with Crippen molar-refractivity contribution in [3.05, 3.63) is 34.9 Å². The van der Waals surface area contributed by atoms with Crippen molar-refractivity contribution in [3.8, 4) is 11.5 Å². The molecule has 1 aromatic carbocycles. The van der Waals surface area contributed by atoms with E-state index < -0.39 is 5.82 Å². The number of aromatic nitrogens is 2. The molecule has 2 rings (SSSR count). The highest BCUT2D eigenvalue weighted by atomic mass is 35.5. The molecule has 1 heterocycles. The van der Waals surface area contributed by atoms with Gasteiger partial charge in [0, 0.05) is 6.04 Å². The van der Waals surface area contributed by atoms with E-state index >= 15 is 0 Å². The Labute approximate surface area is 109 Å². The van der Waals surface area contributed by atoms with E-state index in [1.807, 2.05) is 13.8 Å². The van der Waals surface area contributed by atoms with Gasteiger partial charge in [0.1, 0.15) is 5.82 Å². The van der Waals surface area contributed by atoms with Gasteiger partial charge in [-0.1, -0.05) is 31.5 Å². The first kappa shape index (κ1) is 13.0. The minimum Gasteiger partial charge on any atom is -0.419 e. The van der Waals surface area contributed by atoms with E-state index in [1.165, 1.54) is 12.1 Å². The molecule has 1 N–H and O–H groups in total. The fraction of sp³-hybridized carbons (Fsp3) is 0.333. The van der Waals surface area contributed by atoms with Crippen LogP contribution in [0.15, 0.2) is 22.6 Å². The zero-order valence-electron chi connectivity index (χ0n) is 10.1. The fourth-order valence-electron chi connectivity index (χ4n) is 1.42. The molecule has 0 unspecified atom stereocenters. The van der Waals surface area contributed by atoms with Crippen LogP contribution in [0, 0.1) is 5.82 Å². The maximum Gasteiger partial charge on any atom is 0.252 e. The first-order valence-electron chi connectivity index (χ1n) is 5.58. The summed E-state index contributed by atoms with van der Waals surface area (Å²) in [6.45, 7) is 4.45. The molecular formula is C12H13ClFN3O. The van der Waals surface area contributed by atoms with Crippen LogP contribution in [0.25, 0.3) is 11.5 Å². The lowest BCUT2D eigenvalue weighted by Gasteiger charge is -2.03. The van der Waals surface area contributed by atoms with Crippen LogP contribution in [0.3, 0.4) is 0 Å². The number of benzene rings is 1. The standard InChI is InChI=1S/C12H13ClFN3O/c1-7(2)15-6-10-16-17-12(18-10)11-8(13)4-3-5-9(11)14/h3-5,7,15H,6H2,1-2H3. The van der Waals surface area contributed by atoms with Crippen molar-refractivity contribution >= 4 is 11.6 Å². The molecule has 0 bridgehead atoms. The van der Waals surface area contributed by atoms with E-state index in [1.54, 1.807) is 6.07 Å². The Morgan fingerprint density at radius 2 is 2.17 bits per heavy atom. The summed E-state index contributed by atoms with van der Waals surface area (Å²) in [5, 5.41) is 11.0. The number of nitrogens with zero attached hydrogens (tertiary/aromatic N) is 2. The summed E-state index contributed by atoms with van der Waals surface area (Å²) >= 11 is 5.92. The second-order valence-electron chi connectivity index (χ2n) is 4.13. The van der Waals surface area contributed by atoms with Gasteiger partial charge in [0.25, 0.3) is 5.89 Å². The van der Waals surface area contributed by atoms with E-state index in [9.17, 15) is 4.39 Å². The first-order valence-corrected chi connectivity index (χ1v) is 5.96. The predicted octanol–water partition coefficient (Wildman–Crippen LogP) is 3.03. The minimum atomic E-state index is -0.477. The Balaban J connectivity index is 2.24. The van der Waals surface area contributed by atoms with E-state index in [-0.39, 0.29) is 16.5 Å². The number of halogens is 2. The molecule has 6 heteroatoms. The smallest absolute Gasteiger partial charge is 0.252 e. The van der Waals surface area contributed by atoms with Gasteiger partial charge < -0.3 is 9.73 Å². The summed E-state index contributed by atoms with van der Waals surface area (Å²) in [6.07, 6.45) is 0. The predicted molar refractivity (Wildman–Crippen MR) is 66.7 cm³/mol. The third-order valence-corrected chi connectivity index (χ3v) is 2.62.